The van der Waals surface area contributed by atoms with Crippen LogP contribution in [-0.2, 0) is 9.59 Å². The molecule has 0 radical (unpaired) electrons. The van der Waals surface area contributed by atoms with E-state index in [9.17, 15) is 9.59 Å². The molecule has 1 aromatic heterocycles. The second-order valence-electron chi connectivity index (χ2n) is 8.49. The number of nitrogens with one attached hydrogen (secondary N) is 3. The van der Waals surface area contributed by atoms with Gasteiger partial charge in [0, 0.05) is 29.4 Å². The van der Waals surface area contributed by atoms with Gasteiger partial charge in [0.1, 0.15) is 11.5 Å². The van der Waals surface area contributed by atoms with Gasteiger partial charge < -0.3 is 25.1 Å². The number of ether oxygens (including phenoxy) is 2. The predicted octanol–water partition coefficient (Wildman–Crippen LogP) is 6.23. The van der Waals surface area contributed by atoms with Crippen molar-refractivity contribution in [3.63, 3.8) is 0 Å². The van der Waals surface area contributed by atoms with Crippen molar-refractivity contribution in [2.75, 3.05) is 24.9 Å². The van der Waals surface area contributed by atoms with Crippen LogP contribution in [0.5, 0.6) is 11.5 Å². The number of hydrogen-bond donors (Lipinski definition) is 3. The fourth-order valence-electron chi connectivity index (χ4n) is 3.85. The van der Waals surface area contributed by atoms with Crippen LogP contribution in [0.2, 0.25) is 0 Å². The van der Waals surface area contributed by atoms with Crippen LogP contribution in [0.15, 0.2) is 78.0 Å². The quantitative estimate of drug-likeness (QED) is 0.210. The van der Waals surface area contributed by atoms with Crippen molar-refractivity contribution in [1.82, 2.24) is 9.97 Å². The van der Waals surface area contributed by atoms with Gasteiger partial charge >= 0.3 is 0 Å². The second-order valence-corrected chi connectivity index (χ2v) is 9.68. The minimum absolute atomic E-state index is 0.127. The summed E-state index contributed by atoms with van der Waals surface area (Å²) in [7, 11) is 3.27. The Bertz CT molecular complexity index is 1320. The number of thioether (sulfide) groups is 1. The standard InChI is InChI=1S/C29H30N4O4S/c1-5-25(28(35)31-22-12-10-21(11-13-22)30-18(2)34)38-29-32-26(19-6-14-23(36-3)15-7-19)27(33-29)20-8-16-24(37-4)17-9-20/h6-17,25H,5H2,1-4H3,(H,30,34)(H,31,35)(H,32,33). The Balaban J connectivity index is 1.58. The maximum atomic E-state index is 13.1. The van der Waals surface area contributed by atoms with Crippen LogP contribution in [0.3, 0.4) is 0 Å². The molecule has 0 saturated carbocycles. The molecule has 1 unspecified atom stereocenters. The maximum absolute atomic E-state index is 13.1. The third-order valence-electron chi connectivity index (χ3n) is 5.81. The van der Waals surface area contributed by atoms with E-state index in [2.05, 4.69) is 15.6 Å². The number of nitrogens with zero attached hydrogens (tertiary/aromatic N) is 1. The minimum Gasteiger partial charge on any atom is -0.497 e. The van der Waals surface area contributed by atoms with Gasteiger partial charge in [0.25, 0.3) is 0 Å². The van der Waals surface area contributed by atoms with Crippen LogP contribution >= 0.6 is 11.8 Å². The van der Waals surface area contributed by atoms with Gasteiger partial charge in [0.2, 0.25) is 11.8 Å². The number of imidazole rings is 1. The third-order valence-corrected chi connectivity index (χ3v) is 7.06. The van der Waals surface area contributed by atoms with E-state index >= 15 is 0 Å². The molecule has 1 heterocycles. The summed E-state index contributed by atoms with van der Waals surface area (Å²) in [5.74, 6) is 1.25. The van der Waals surface area contributed by atoms with Gasteiger partial charge in [-0.1, -0.05) is 18.7 Å². The van der Waals surface area contributed by atoms with Gasteiger partial charge in [-0.2, -0.15) is 0 Å². The first kappa shape index (κ1) is 26.8. The van der Waals surface area contributed by atoms with Crippen molar-refractivity contribution in [1.29, 1.82) is 0 Å². The first-order valence-electron chi connectivity index (χ1n) is 12.1. The average Bonchev–Trinajstić information content (AvgIpc) is 3.36. The number of hydrogen-bond acceptors (Lipinski definition) is 6. The molecule has 0 saturated heterocycles. The molecule has 3 aromatic carbocycles. The molecule has 0 aliphatic heterocycles. The van der Waals surface area contributed by atoms with Crippen LogP contribution in [0, 0.1) is 0 Å². The number of carbonyl (C=O) groups excluding carboxylic acids is 2. The topological polar surface area (TPSA) is 105 Å². The van der Waals surface area contributed by atoms with E-state index in [0.29, 0.717) is 23.0 Å². The summed E-state index contributed by atoms with van der Waals surface area (Å²) < 4.78 is 10.6. The Morgan fingerprint density at radius 3 is 1.87 bits per heavy atom. The molecule has 1 atom stereocenters. The number of aromatic nitrogens is 2. The number of amides is 2. The molecule has 196 valence electrons. The van der Waals surface area contributed by atoms with E-state index in [1.54, 1.807) is 38.5 Å². The fourth-order valence-corrected chi connectivity index (χ4v) is 4.76. The maximum Gasteiger partial charge on any atom is 0.237 e. The van der Waals surface area contributed by atoms with E-state index in [0.717, 1.165) is 34.0 Å². The first-order chi connectivity index (χ1) is 18.4. The van der Waals surface area contributed by atoms with E-state index < -0.39 is 0 Å². The lowest BCUT2D eigenvalue weighted by Gasteiger charge is -2.13. The van der Waals surface area contributed by atoms with Gasteiger partial charge in [-0.15, -0.1) is 0 Å². The molecule has 0 aliphatic rings. The molecule has 4 rings (SSSR count). The molecular formula is C29H30N4O4S. The summed E-state index contributed by atoms with van der Waals surface area (Å²) in [6, 6.07) is 22.5. The van der Waals surface area contributed by atoms with Gasteiger partial charge in [-0.25, -0.2) is 4.98 Å². The Hall–Kier alpha value is -4.24. The number of rotatable bonds is 10. The Morgan fingerprint density at radius 2 is 1.37 bits per heavy atom. The molecule has 0 aliphatic carbocycles. The average molecular weight is 531 g/mol. The first-order valence-corrected chi connectivity index (χ1v) is 13.0. The molecule has 8 nitrogen and oxygen atoms in total. The zero-order chi connectivity index (χ0) is 27.1. The summed E-state index contributed by atoms with van der Waals surface area (Å²) in [5, 5.41) is 5.95. The Labute approximate surface area is 226 Å². The summed E-state index contributed by atoms with van der Waals surface area (Å²) in [6.45, 7) is 3.42. The van der Waals surface area contributed by atoms with Crippen molar-refractivity contribution in [2.45, 2.75) is 30.7 Å². The van der Waals surface area contributed by atoms with Crippen LogP contribution in [0.4, 0.5) is 11.4 Å². The fraction of sp³-hybridized carbons (Fsp3) is 0.207. The monoisotopic (exact) mass is 530 g/mol. The molecular weight excluding hydrogens is 500 g/mol. The van der Waals surface area contributed by atoms with E-state index in [1.165, 1.54) is 18.7 Å². The van der Waals surface area contributed by atoms with Gasteiger partial charge in [0.05, 0.1) is 30.9 Å². The highest BCUT2D eigenvalue weighted by atomic mass is 32.2. The molecule has 38 heavy (non-hydrogen) atoms. The van der Waals surface area contributed by atoms with Crippen LogP contribution in [0.25, 0.3) is 22.5 Å². The van der Waals surface area contributed by atoms with Crippen molar-refractivity contribution in [2.24, 2.45) is 0 Å². The van der Waals surface area contributed by atoms with Crippen molar-refractivity contribution < 1.29 is 19.1 Å². The van der Waals surface area contributed by atoms with E-state index in [4.69, 9.17) is 14.5 Å². The summed E-state index contributed by atoms with van der Waals surface area (Å²) >= 11 is 1.38. The van der Waals surface area contributed by atoms with Crippen molar-refractivity contribution in [3.05, 3.63) is 72.8 Å². The summed E-state index contributed by atoms with van der Waals surface area (Å²) in [5.41, 5.74) is 4.84. The third kappa shape index (κ3) is 6.54. The van der Waals surface area contributed by atoms with Crippen molar-refractivity contribution in [3.8, 4) is 34.0 Å². The second kappa shape index (κ2) is 12.3. The lowest BCUT2D eigenvalue weighted by Crippen LogP contribution is -2.24. The van der Waals surface area contributed by atoms with Crippen LogP contribution in [0.1, 0.15) is 20.3 Å². The highest BCUT2D eigenvalue weighted by Gasteiger charge is 2.22. The highest BCUT2D eigenvalue weighted by molar-refractivity contribution is 8.00. The van der Waals surface area contributed by atoms with Gasteiger partial charge in [0.15, 0.2) is 5.16 Å². The molecule has 0 fully saturated rings. The van der Waals surface area contributed by atoms with Crippen LogP contribution < -0.4 is 20.1 Å². The lowest BCUT2D eigenvalue weighted by atomic mass is 10.0. The number of methoxy groups -OCH3 is 2. The number of H-pyrrole nitrogens is 1. The summed E-state index contributed by atoms with van der Waals surface area (Å²) in [4.78, 5) is 32.7. The minimum atomic E-state index is -0.372. The molecule has 0 bridgehead atoms. The van der Waals surface area contributed by atoms with Gasteiger partial charge in [-0.05, 0) is 79.2 Å². The molecule has 0 spiro atoms. The number of anilines is 2. The molecule has 4 aromatic rings. The van der Waals surface area contributed by atoms with E-state index in [-0.39, 0.29) is 17.1 Å². The largest absolute Gasteiger partial charge is 0.497 e. The SMILES string of the molecule is CCC(Sc1nc(-c2ccc(OC)cc2)c(-c2ccc(OC)cc2)[nH]1)C(=O)Nc1ccc(NC(C)=O)cc1. The van der Waals surface area contributed by atoms with E-state index in [1.807, 2.05) is 55.5 Å². The summed E-state index contributed by atoms with van der Waals surface area (Å²) in [6.07, 6.45) is 0.608. The number of aromatic amines is 1. The highest BCUT2D eigenvalue weighted by Crippen LogP contribution is 2.36. The smallest absolute Gasteiger partial charge is 0.237 e. The van der Waals surface area contributed by atoms with Gasteiger partial charge in [-0.3, -0.25) is 9.59 Å². The van der Waals surface area contributed by atoms with Crippen LogP contribution in [-0.4, -0.2) is 41.3 Å². The molecule has 3 N–H and O–H groups in total. The predicted molar refractivity (Wildman–Crippen MR) is 152 cm³/mol. The zero-order valence-electron chi connectivity index (χ0n) is 21.7. The Morgan fingerprint density at radius 1 is 0.842 bits per heavy atom. The molecule has 2 amide bonds. The lowest BCUT2D eigenvalue weighted by molar-refractivity contribution is -0.116. The number of benzene rings is 3. The van der Waals surface area contributed by atoms with Crippen molar-refractivity contribution >= 4 is 35.0 Å². The zero-order valence-corrected chi connectivity index (χ0v) is 22.5. The normalized spacial score (nSPS) is 11.5. The Kier molecular flexibility index (Phi) is 8.70. The number of carbonyl (C=O) groups is 2. The molecule has 9 heteroatoms.